The molecule has 0 radical (unpaired) electrons. The molecule has 8 nitrogen and oxygen atoms in total. The molecule has 2 N–H and O–H groups in total. The summed E-state index contributed by atoms with van der Waals surface area (Å²) in [7, 11) is 1.42. The maximum atomic E-state index is 13.1. The normalized spacial score (nSPS) is 17.5. The highest BCUT2D eigenvalue weighted by Crippen LogP contribution is 2.42. The second-order valence-electron chi connectivity index (χ2n) is 7.32. The monoisotopic (exact) mass is 490 g/mol. The molecule has 0 spiro atoms. The van der Waals surface area contributed by atoms with Crippen molar-refractivity contribution in [3.63, 3.8) is 0 Å². The van der Waals surface area contributed by atoms with Gasteiger partial charge in [-0.25, -0.2) is 4.79 Å². The summed E-state index contributed by atoms with van der Waals surface area (Å²) in [5, 5.41) is 13.8. The number of aromatic hydroxyl groups is 1. The number of rotatable bonds is 5. The highest BCUT2D eigenvalue weighted by atomic mass is 35.5. The van der Waals surface area contributed by atoms with Crippen LogP contribution in [0.4, 0.5) is 5.69 Å². The maximum Gasteiger partial charge on any atom is 0.338 e. The molecule has 0 amide bonds. The number of nitrogens with one attached hydrogen (secondary N) is 1. The van der Waals surface area contributed by atoms with E-state index in [9.17, 15) is 9.90 Å². The molecule has 0 unspecified atom stereocenters. The molecule has 1 atom stereocenters. The van der Waals surface area contributed by atoms with Crippen molar-refractivity contribution in [1.82, 2.24) is 5.32 Å². The number of thiocarbonyl (C=S) groups is 1. The van der Waals surface area contributed by atoms with Crippen LogP contribution in [0.3, 0.4) is 0 Å². The van der Waals surface area contributed by atoms with Crippen LogP contribution in [-0.2, 0) is 9.53 Å². The smallest absolute Gasteiger partial charge is 0.338 e. The second-order valence-corrected chi connectivity index (χ2v) is 8.11. The molecule has 0 aliphatic carbocycles. The number of phenols is 1. The number of ether oxygens (including phenoxy) is 4. The lowest BCUT2D eigenvalue weighted by Gasteiger charge is -2.38. The summed E-state index contributed by atoms with van der Waals surface area (Å²) in [6.45, 7) is 4.68. The average Bonchev–Trinajstić information content (AvgIpc) is 2.80. The molecule has 10 heteroatoms. The first-order chi connectivity index (χ1) is 15.8. The Morgan fingerprint density at radius 1 is 1.27 bits per heavy atom. The Morgan fingerprint density at radius 3 is 2.70 bits per heavy atom. The Hall–Kier alpha value is -3.17. The first-order valence-electron chi connectivity index (χ1n) is 10.3. The van der Waals surface area contributed by atoms with Crippen molar-refractivity contribution in [3.05, 3.63) is 52.2 Å². The van der Waals surface area contributed by atoms with Gasteiger partial charge in [0.05, 0.1) is 36.0 Å². The molecule has 4 rings (SSSR count). The maximum absolute atomic E-state index is 13.1. The van der Waals surface area contributed by atoms with Gasteiger partial charge in [0.15, 0.2) is 28.1 Å². The van der Waals surface area contributed by atoms with E-state index in [1.807, 2.05) is 12.1 Å². The molecule has 2 aliphatic heterocycles. The molecule has 174 valence electrons. The van der Waals surface area contributed by atoms with Gasteiger partial charge in [-0.3, -0.25) is 4.90 Å². The zero-order chi connectivity index (χ0) is 23.7. The standard InChI is InChI=1S/C23H23ClN2O6S/c1-4-30-22(28)19-12(2)26(14-5-6-16-17(11-14)32-8-7-31-16)23(33)25-20(19)13-9-15(24)21(27)18(10-13)29-3/h5-6,9-11,20,27H,4,7-8H2,1-3H3,(H,25,33)/t20-/m1/s1. The Bertz CT molecular complexity index is 1150. The van der Waals surface area contributed by atoms with Gasteiger partial charge in [-0.1, -0.05) is 11.6 Å². The summed E-state index contributed by atoms with van der Waals surface area (Å²) >= 11 is 11.9. The van der Waals surface area contributed by atoms with Crippen molar-refractivity contribution >= 4 is 40.6 Å². The topological polar surface area (TPSA) is 89.5 Å². The SMILES string of the molecule is CCOC(=O)C1=C(C)N(c2ccc3c(c2)OCCO3)C(=S)N[C@@H]1c1cc(Cl)c(O)c(OC)c1. The minimum Gasteiger partial charge on any atom is -0.503 e. The van der Waals surface area contributed by atoms with Crippen LogP contribution in [0.25, 0.3) is 0 Å². The molecule has 0 fully saturated rings. The molecule has 0 saturated carbocycles. The average molecular weight is 491 g/mol. The van der Waals surface area contributed by atoms with Gasteiger partial charge in [0.25, 0.3) is 0 Å². The van der Waals surface area contributed by atoms with Crippen molar-refractivity contribution in [1.29, 1.82) is 0 Å². The third-order valence-corrected chi connectivity index (χ3v) is 5.96. The van der Waals surface area contributed by atoms with E-state index in [1.54, 1.807) is 36.9 Å². The van der Waals surface area contributed by atoms with Gasteiger partial charge in [-0.05, 0) is 55.9 Å². The summed E-state index contributed by atoms with van der Waals surface area (Å²) in [5.41, 5.74) is 2.23. The first-order valence-corrected chi connectivity index (χ1v) is 11.1. The molecule has 33 heavy (non-hydrogen) atoms. The Labute approximate surface area is 201 Å². The number of halogens is 1. The third kappa shape index (κ3) is 4.26. The van der Waals surface area contributed by atoms with Crippen LogP contribution in [0, 0.1) is 0 Å². The first kappa shape index (κ1) is 23.0. The summed E-state index contributed by atoms with van der Waals surface area (Å²) in [4.78, 5) is 14.8. The number of carbonyl (C=O) groups excluding carboxylic acids is 1. The lowest BCUT2D eigenvalue weighted by molar-refractivity contribution is -0.139. The van der Waals surface area contributed by atoms with Crippen molar-refractivity contribution in [2.75, 3.05) is 31.8 Å². The van der Waals surface area contributed by atoms with Gasteiger partial charge in [-0.2, -0.15) is 0 Å². The second kappa shape index (κ2) is 9.36. The van der Waals surface area contributed by atoms with Crippen molar-refractivity contribution in [2.24, 2.45) is 0 Å². The zero-order valence-corrected chi connectivity index (χ0v) is 19.9. The summed E-state index contributed by atoms with van der Waals surface area (Å²) in [6.07, 6.45) is 0. The Kier molecular flexibility index (Phi) is 6.53. The number of allylic oxidation sites excluding steroid dienone is 1. The van der Waals surface area contributed by atoms with Crippen molar-refractivity contribution < 1.29 is 28.8 Å². The molecule has 2 aliphatic rings. The fourth-order valence-corrected chi connectivity index (χ4v) is 4.44. The number of esters is 1. The van der Waals surface area contributed by atoms with Crippen molar-refractivity contribution in [2.45, 2.75) is 19.9 Å². The highest BCUT2D eigenvalue weighted by Gasteiger charge is 2.36. The number of hydrogen-bond acceptors (Lipinski definition) is 7. The van der Waals surface area contributed by atoms with Gasteiger partial charge in [-0.15, -0.1) is 0 Å². The largest absolute Gasteiger partial charge is 0.503 e. The van der Waals surface area contributed by atoms with Crippen LogP contribution in [0.5, 0.6) is 23.0 Å². The van der Waals surface area contributed by atoms with Crippen LogP contribution in [0.1, 0.15) is 25.5 Å². The predicted molar refractivity (Wildman–Crippen MR) is 127 cm³/mol. The van der Waals surface area contributed by atoms with Crippen LogP contribution < -0.4 is 24.4 Å². The van der Waals surface area contributed by atoms with Gasteiger partial charge < -0.3 is 29.4 Å². The molecular weight excluding hydrogens is 468 g/mol. The molecule has 2 aromatic rings. The zero-order valence-electron chi connectivity index (χ0n) is 18.3. The number of benzene rings is 2. The summed E-state index contributed by atoms with van der Waals surface area (Å²) in [6, 6.07) is 7.96. The quantitative estimate of drug-likeness (QED) is 0.475. The minimum absolute atomic E-state index is 0.0900. The number of anilines is 1. The summed E-state index contributed by atoms with van der Waals surface area (Å²) < 4.78 is 21.9. The Balaban J connectivity index is 1.83. The van der Waals surface area contributed by atoms with E-state index >= 15 is 0 Å². The predicted octanol–water partition coefficient (Wildman–Crippen LogP) is 4.10. The number of phenolic OH excluding ortho intramolecular Hbond substituents is 1. The van der Waals surface area contributed by atoms with E-state index in [4.69, 9.17) is 42.8 Å². The van der Waals surface area contributed by atoms with Crippen LogP contribution in [-0.4, -0.2) is 43.1 Å². The number of carbonyl (C=O) groups is 1. The highest BCUT2D eigenvalue weighted by molar-refractivity contribution is 7.80. The van der Waals surface area contributed by atoms with Crippen LogP contribution in [0.15, 0.2) is 41.6 Å². The molecular formula is C23H23ClN2O6S. The van der Waals surface area contributed by atoms with Crippen LogP contribution >= 0.6 is 23.8 Å². The number of methoxy groups -OCH3 is 1. The third-order valence-electron chi connectivity index (χ3n) is 5.37. The molecule has 2 heterocycles. The molecule has 2 aromatic carbocycles. The van der Waals surface area contributed by atoms with E-state index in [0.29, 0.717) is 52.3 Å². The number of nitrogens with zero attached hydrogens (tertiary/aromatic N) is 1. The van der Waals surface area contributed by atoms with E-state index < -0.39 is 12.0 Å². The van der Waals surface area contributed by atoms with E-state index in [1.165, 1.54) is 7.11 Å². The lowest BCUT2D eigenvalue weighted by Crippen LogP contribution is -2.48. The van der Waals surface area contributed by atoms with E-state index in [2.05, 4.69) is 5.32 Å². The van der Waals surface area contributed by atoms with Gasteiger partial charge >= 0.3 is 5.97 Å². The van der Waals surface area contributed by atoms with Gasteiger partial charge in [0.1, 0.15) is 13.2 Å². The number of hydrogen-bond donors (Lipinski definition) is 2. The Morgan fingerprint density at radius 2 is 2.00 bits per heavy atom. The molecule has 0 saturated heterocycles. The van der Waals surface area contributed by atoms with Gasteiger partial charge in [0, 0.05) is 11.8 Å². The van der Waals surface area contributed by atoms with Crippen molar-refractivity contribution in [3.8, 4) is 23.0 Å². The lowest BCUT2D eigenvalue weighted by atomic mass is 9.94. The number of fused-ring (bicyclic) bond motifs is 1. The van der Waals surface area contributed by atoms with E-state index in [0.717, 1.165) is 0 Å². The van der Waals surface area contributed by atoms with Crippen LogP contribution in [0.2, 0.25) is 5.02 Å². The fraction of sp³-hybridized carbons (Fsp3) is 0.304. The minimum atomic E-state index is -0.669. The van der Waals surface area contributed by atoms with Gasteiger partial charge in [0.2, 0.25) is 0 Å². The fourth-order valence-electron chi connectivity index (χ4n) is 3.86. The summed E-state index contributed by atoms with van der Waals surface area (Å²) in [5.74, 6) is 0.750. The van der Waals surface area contributed by atoms with E-state index in [-0.39, 0.29) is 23.1 Å². The molecule has 0 bridgehead atoms. The molecule has 0 aromatic heterocycles.